The second-order valence-electron chi connectivity index (χ2n) is 8.19. The SMILES string of the molecule is Cc1ccc(C)c(-n2ccnc2SCC(=O)NCc2ccccc2CN2CCCC2)c1. The lowest BCUT2D eigenvalue weighted by Gasteiger charge is -2.17. The third kappa shape index (κ3) is 5.57. The molecule has 2 heterocycles. The second-order valence-corrected chi connectivity index (χ2v) is 9.13. The summed E-state index contributed by atoms with van der Waals surface area (Å²) in [5, 5.41) is 3.92. The predicted molar refractivity (Wildman–Crippen MR) is 127 cm³/mol. The van der Waals surface area contributed by atoms with E-state index in [2.05, 4.69) is 70.0 Å². The maximum atomic E-state index is 12.6. The topological polar surface area (TPSA) is 50.2 Å². The van der Waals surface area contributed by atoms with E-state index in [0.29, 0.717) is 12.3 Å². The molecule has 1 aliphatic heterocycles. The molecule has 5 nitrogen and oxygen atoms in total. The summed E-state index contributed by atoms with van der Waals surface area (Å²) in [6.45, 7) is 8.05. The maximum Gasteiger partial charge on any atom is 0.230 e. The van der Waals surface area contributed by atoms with Gasteiger partial charge in [-0.3, -0.25) is 14.3 Å². The Morgan fingerprint density at radius 3 is 2.68 bits per heavy atom. The fourth-order valence-corrected chi connectivity index (χ4v) is 4.80. The third-order valence-electron chi connectivity index (χ3n) is 5.75. The van der Waals surface area contributed by atoms with Crippen molar-refractivity contribution in [3.8, 4) is 5.69 Å². The van der Waals surface area contributed by atoms with Gasteiger partial charge in [0.1, 0.15) is 0 Å². The van der Waals surface area contributed by atoms with Gasteiger partial charge >= 0.3 is 0 Å². The number of likely N-dealkylation sites (tertiary alicyclic amines) is 1. The highest BCUT2D eigenvalue weighted by molar-refractivity contribution is 7.99. The van der Waals surface area contributed by atoms with Gasteiger partial charge in [0, 0.05) is 25.5 Å². The summed E-state index contributed by atoms with van der Waals surface area (Å²) in [5.41, 5.74) is 6.00. The molecule has 1 fully saturated rings. The van der Waals surface area contributed by atoms with Gasteiger partial charge < -0.3 is 5.32 Å². The average molecular weight is 435 g/mol. The highest BCUT2D eigenvalue weighted by atomic mass is 32.2. The number of hydrogen-bond donors (Lipinski definition) is 1. The Labute approximate surface area is 188 Å². The standard InChI is InChI=1S/C25H30N4OS/c1-19-9-10-20(2)23(15-19)29-14-11-26-25(29)31-18-24(30)27-16-21-7-3-4-8-22(21)17-28-12-5-6-13-28/h3-4,7-11,14-15H,5-6,12-13,16-18H2,1-2H3,(H,27,30). The van der Waals surface area contributed by atoms with E-state index in [9.17, 15) is 4.79 Å². The van der Waals surface area contributed by atoms with E-state index in [4.69, 9.17) is 0 Å². The van der Waals surface area contributed by atoms with Crippen molar-refractivity contribution in [2.45, 2.75) is 44.9 Å². The van der Waals surface area contributed by atoms with Crippen LogP contribution in [0.3, 0.4) is 0 Å². The van der Waals surface area contributed by atoms with E-state index in [1.807, 2.05) is 12.3 Å². The Morgan fingerprint density at radius 1 is 1.10 bits per heavy atom. The number of carbonyl (C=O) groups is 1. The van der Waals surface area contributed by atoms with Crippen molar-refractivity contribution >= 4 is 17.7 Å². The van der Waals surface area contributed by atoms with Gasteiger partial charge in [-0.05, 0) is 68.1 Å². The van der Waals surface area contributed by atoms with Crippen molar-refractivity contribution in [1.82, 2.24) is 19.8 Å². The number of aryl methyl sites for hydroxylation is 2. The Hall–Kier alpha value is -2.57. The van der Waals surface area contributed by atoms with E-state index >= 15 is 0 Å². The largest absolute Gasteiger partial charge is 0.351 e. The molecule has 0 saturated carbocycles. The van der Waals surface area contributed by atoms with Crippen LogP contribution in [0.1, 0.15) is 35.1 Å². The van der Waals surface area contributed by atoms with Gasteiger partial charge in [-0.1, -0.05) is 48.2 Å². The maximum absolute atomic E-state index is 12.6. The van der Waals surface area contributed by atoms with Gasteiger partial charge in [0.25, 0.3) is 0 Å². The van der Waals surface area contributed by atoms with Gasteiger partial charge in [0.05, 0.1) is 11.4 Å². The molecule has 0 unspecified atom stereocenters. The molecule has 0 spiro atoms. The van der Waals surface area contributed by atoms with E-state index in [1.54, 1.807) is 6.20 Å². The van der Waals surface area contributed by atoms with Crippen LogP contribution in [0.5, 0.6) is 0 Å². The summed E-state index contributed by atoms with van der Waals surface area (Å²) in [4.78, 5) is 19.5. The molecule has 1 N–H and O–H groups in total. The van der Waals surface area contributed by atoms with Gasteiger partial charge in [0.15, 0.2) is 5.16 Å². The molecule has 0 bridgehead atoms. The number of rotatable bonds is 8. The van der Waals surface area contributed by atoms with Crippen LogP contribution in [0, 0.1) is 13.8 Å². The normalized spacial score (nSPS) is 14.1. The summed E-state index contributed by atoms with van der Waals surface area (Å²) in [5.74, 6) is 0.368. The summed E-state index contributed by atoms with van der Waals surface area (Å²) < 4.78 is 2.06. The summed E-state index contributed by atoms with van der Waals surface area (Å²) >= 11 is 1.47. The summed E-state index contributed by atoms with van der Waals surface area (Å²) in [7, 11) is 0. The number of amides is 1. The van der Waals surface area contributed by atoms with Crippen LogP contribution in [-0.2, 0) is 17.9 Å². The molecule has 1 amide bonds. The first-order valence-corrected chi connectivity index (χ1v) is 11.9. The monoisotopic (exact) mass is 434 g/mol. The predicted octanol–water partition coefficient (Wildman–Crippen LogP) is 4.49. The summed E-state index contributed by atoms with van der Waals surface area (Å²) in [6, 6.07) is 14.8. The van der Waals surface area contributed by atoms with Gasteiger partial charge in [-0.2, -0.15) is 0 Å². The second kappa shape index (κ2) is 10.2. The zero-order valence-electron chi connectivity index (χ0n) is 18.3. The lowest BCUT2D eigenvalue weighted by molar-refractivity contribution is -0.118. The van der Waals surface area contributed by atoms with Crippen LogP contribution in [0.4, 0.5) is 0 Å². The number of nitrogens with one attached hydrogen (secondary N) is 1. The molecule has 31 heavy (non-hydrogen) atoms. The Bertz CT molecular complexity index is 1040. The van der Waals surface area contributed by atoms with Crippen LogP contribution in [0.25, 0.3) is 5.69 Å². The number of thioether (sulfide) groups is 1. The molecule has 1 aromatic heterocycles. The summed E-state index contributed by atoms with van der Waals surface area (Å²) in [6.07, 6.45) is 6.31. The van der Waals surface area contributed by atoms with Crippen LogP contribution in [0.2, 0.25) is 0 Å². The highest BCUT2D eigenvalue weighted by Gasteiger charge is 2.14. The molecule has 0 atom stereocenters. The minimum atomic E-state index is 0.0245. The first-order valence-electron chi connectivity index (χ1n) is 10.9. The Morgan fingerprint density at radius 2 is 1.87 bits per heavy atom. The first kappa shape index (κ1) is 21.7. The minimum absolute atomic E-state index is 0.0245. The first-order chi connectivity index (χ1) is 15.1. The molecule has 0 aliphatic carbocycles. The highest BCUT2D eigenvalue weighted by Crippen LogP contribution is 2.23. The molecular weight excluding hydrogens is 404 g/mol. The third-order valence-corrected chi connectivity index (χ3v) is 6.72. The number of aromatic nitrogens is 2. The molecule has 2 aromatic carbocycles. The fourth-order valence-electron chi connectivity index (χ4n) is 4.00. The lowest BCUT2D eigenvalue weighted by atomic mass is 10.1. The number of benzene rings is 2. The molecule has 1 aliphatic rings. The van der Waals surface area contributed by atoms with Gasteiger partial charge in [0.2, 0.25) is 5.91 Å². The van der Waals surface area contributed by atoms with Gasteiger partial charge in [-0.25, -0.2) is 4.98 Å². The van der Waals surface area contributed by atoms with Crippen molar-refractivity contribution in [2.24, 2.45) is 0 Å². The van der Waals surface area contributed by atoms with Crippen LogP contribution in [-0.4, -0.2) is 39.2 Å². The van der Waals surface area contributed by atoms with Gasteiger partial charge in [-0.15, -0.1) is 0 Å². The van der Waals surface area contributed by atoms with Crippen molar-refractivity contribution < 1.29 is 4.79 Å². The van der Waals surface area contributed by atoms with Crippen molar-refractivity contribution in [2.75, 3.05) is 18.8 Å². The number of hydrogen-bond acceptors (Lipinski definition) is 4. The Kier molecular flexibility index (Phi) is 7.10. The van der Waals surface area contributed by atoms with Crippen LogP contribution < -0.4 is 5.32 Å². The van der Waals surface area contributed by atoms with Crippen molar-refractivity contribution in [3.05, 3.63) is 77.1 Å². The number of nitrogens with zero attached hydrogens (tertiary/aromatic N) is 3. The van der Waals surface area contributed by atoms with E-state index < -0.39 is 0 Å². The average Bonchev–Trinajstić information content (AvgIpc) is 3.45. The Balaban J connectivity index is 1.34. The van der Waals surface area contributed by atoms with Crippen LogP contribution >= 0.6 is 11.8 Å². The zero-order valence-corrected chi connectivity index (χ0v) is 19.1. The van der Waals surface area contributed by atoms with Crippen LogP contribution in [0.15, 0.2) is 60.0 Å². The lowest BCUT2D eigenvalue weighted by Crippen LogP contribution is -2.26. The van der Waals surface area contributed by atoms with Crippen molar-refractivity contribution in [3.63, 3.8) is 0 Å². The molecular formula is C25H30N4OS. The quantitative estimate of drug-likeness (QED) is 0.531. The molecule has 3 aromatic rings. The fraction of sp³-hybridized carbons (Fsp3) is 0.360. The van der Waals surface area contributed by atoms with E-state index in [0.717, 1.165) is 17.4 Å². The van der Waals surface area contributed by atoms with E-state index in [1.165, 1.54) is 59.9 Å². The minimum Gasteiger partial charge on any atom is -0.351 e. The molecule has 0 radical (unpaired) electrons. The molecule has 6 heteroatoms. The smallest absolute Gasteiger partial charge is 0.230 e. The van der Waals surface area contributed by atoms with Crippen molar-refractivity contribution in [1.29, 1.82) is 0 Å². The number of carbonyl (C=O) groups excluding carboxylic acids is 1. The van der Waals surface area contributed by atoms with E-state index in [-0.39, 0.29) is 5.91 Å². The zero-order chi connectivity index (χ0) is 21.6. The molecule has 4 rings (SSSR count). The molecule has 1 saturated heterocycles. The molecule has 162 valence electrons. The number of imidazole rings is 1.